The number of carbonyl (C=O) groups is 2. The average Bonchev–Trinajstić information content (AvgIpc) is 3.13. The Morgan fingerprint density at radius 2 is 1.73 bits per heavy atom. The second kappa shape index (κ2) is 7.69. The number of ether oxygens (including phenoxy) is 1. The number of amides is 1. The molecular weight excluding hydrogens is 332 g/mol. The molecule has 26 heavy (non-hydrogen) atoms. The largest absolute Gasteiger partial charge is 0.425 e. The fourth-order valence-corrected chi connectivity index (χ4v) is 2.92. The van der Waals surface area contributed by atoms with Gasteiger partial charge in [-0.1, -0.05) is 18.2 Å². The van der Waals surface area contributed by atoms with Crippen molar-refractivity contribution in [2.24, 2.45) is 16.5 Å². The first kappa shape index (κ1) is 17.5. The normalized spacial score (nSPS) is 16.2. The van der Waals surface area contributed by atoms with Gasteiger partial charge in [0, 0.05) is 12.1 Å². The van der Waals surface area contributed by atoms with Gasteiger partial charge in [0.1, 0.15) is 11.8 Å². The van der Waals surface area contributed by atoms with Crippen molar-refractivity contribution in [3.8, 4) is 5.75 Å². The maximum absolute atomic E-state index is 12.6. The molecule has 0 aliphatic carbocycles. The Hall–Kier alpha value is -3.35. The van der Waals surface area contributed by atoms with E-state index in [1.807, 2.05) is 6.07 Å². The summed E-state index contributed by atoms with van der Waals surface area (Å²) in [5.41, 5.74) is 11.8. The molecule has 0 unspecified atom stereocenters. The van der Waals surface area contributed by atoms with Crippen molar-refractivity contribution < 1.29 is 14.3 Å². The molecule has 1 saturated heterocycles. The highest BCUT2D eigenvalue weighted by atomic mass is 16.5. The maximum Gasteiger partial charge on any atom is 0.334 e. The van der Waals surface area contributed by atoms with E-state index in [-0.39, 0.29) is 11.9 Å². The number of guanidine groups is 1. The molecule has 0 spiro atoms. The summed E-state index contributed by atoms with van der Waals surface area (Å²) in [4.78, 5) is 30.7. The number of nitrogens with zero attached hydrogens (tertiary/aromatic N) is 2. The Balaban J connectivity index is 1.68. The van der Waals surface area contributed by atoms with Gasteiger partial charge in [-0.15, -0.1) is 0 Å². The summed E-state index contributed by atoms with van der Waals surface area (Å²) in [5, 5.41) is 0. The molecule has 1 aliphatic rings. The summed E-state index contributed by atoms with van der Waals surface area (Å²) >= 11 is 0. The van der Waals surface area contributed by atoms with Crippen LogP contribution in [0.15, 0.2) is 59.6 Å². The number of carbonyl (C=O) groups excluding carboxylic acids is 2. The summed E-state index contributed by atoms with van der Waals surface area (Å²) in [5.74, 6) is -0.270. The minimum absolute atomic E-state index is 0.0456. The standard InChI is InChI=1S/C19H20N4O3/c20-19(21)22-14-8-10-15(11-9-14)26-18(25)16-7-4-12-23(16)17(24)13-5-2-1-3-6-13/h1-3,5-6,8-11,16H,4,7,12H2,(H4,20,21,22)/t16-/m0/s1. The minimum atomic E-state index is -0.583. The van der Waals surface area contributed by atoms with E-state index in [1.165, 1.54) is 0 Å². The Morgan fingerprint density at radius 3 is 2.38 bits per heavy atom. The van der Waals surface area contributed by atoms with Crippen LogP contribution in [0.3, 0.4) is 0 Å². The molecule has 2 aromatic carbocycles. The zero-order valence-electron chi connectivity index (χ0n) is 14.2. The zero-order chi connectivity index (χ0) is 18.5. The number of hydrogen-bond acceptors (Lipinski definition) is 4. The summed E-state index contributed by atoms with van der Waals surface area (Å²) in [6.07, 6.45) is 1.35. The van der Waals surface area contributed by atoms with Crippen molar-refractivity contribution in [1.29, 1.82) is 0 Å². The zero-order valence-corrected chi connectivity index (χ0v) is 14.2. The van der Waals surface area contributed by atoms with Crippen LogP contribution in [0.4, 0.5) is 5.69 Å². The molecule has 0 saturated carbocycles. The van der Waals surface area contributed by atoms with Crippen LogP contribution in [0.2, 0.25) is 0 Å². The number of hydrogen-bond donors (Lipinski definition) is 2. The molecule has 3 rings (SSSR count). The molecule has 134 valence electrons. The van der Waals surface area contributed by atoms with Crippen LogP contribution < -0.4 is 16.2 Å². The van der Waals surface area contributed by atoms with E-state index < -0.39 is 12.0 Å². The Kier molecular flexibility index (Phi) is 5.17. The van der Waals surface area contributed by atoms with Gasteiger partial charge in [-0.3, -0.25) is 4.79 Å². The molecule has 1 fully saturated rings. The third-order valence-corrected chi connectivity index (χ3v) is 4.12. The number of esters is 1. The molecule has 1 atom stereocenters. The second-order valence-corrected chi connectivity index (χ2v) is 5.97. The van der Waals surface area contributed by atoms with Crippen LogP contribution in [0.1, 0.15) is 23.2 Å². The van der Waals surface area contributed by atoms with Crippen molar-refractivity contribution in [2.75, 3.05) is 6.54 Å². The Labute approximate surface area is 151 Å². The number of rotatable bonds is 4. The molecular formula is C19H20N4O3. The highest BCUT2D eigenvalue weighted by Crippen LogP contribution is 2.24. The van der Waals surface area contributed by atoms with Gasteiger partial charge in [0.2, 0.25) is 0 Å². The van der Waals surface area contributed by atoms with Crippen molar-refractivity contribution in [1.82, 2.24) is 4.90 Å². The summed E-state index contributed by atoms with van der Waals surface area (Å²) < 4.78 is 5.43. The molecule has 0 radical (unpaired) electrons. The fraction of sp³-hybridized carbons (Fsp3) is 0.211. The lowest BCUT2D eigenvalue weighted by molar-refractivity contribution is -0.138. The third kappa shape index (κ3) is 4.00. The SMILES string of the molecule is NC(N)=Nc1ccc(OC(=O)[C@@H]2CCCN2C(=O)c2ccccc2)cc1. The molecule has 4 N–H and O–H groups in total. The van der Waals surface area contributed by atoms with E-state index in [2.05, 4.69) is 4.99 Å². The van der Waals surface area contributed by atoms with E-state index in [4.69, 9.17) is 16.2 Å². The number of nitrogens with two attached hydrogens (primary N) is 2. The Bertz CT molecular complexity index is 814. The predicted octanol–water partition coefficient (Wildman–Crippen LogP) is 1.80. The molecule has 1 aliphatic heterocycles. The van der Waals surface area contributed by atoms with Crippen LogP contribution in [0, 0.1) is 0 Å². The lowest BCUT2D eigenvalue weighted by Crippen LogP contribution is -2.42. The van der Waals surface area contributed by atoms with Gasteiger partial charge in [0.05, 0.1) is 5.69 Å². The minimum Gasteiger partial charge on any atom is -0.425 e. The summed E-state index contributed by atoms with van der Waals surface area (Å²) in [6.45, 7) is 0.539. The van der Waals surface area contributed by atoms with Crippen LogP contribution in [-0.4, -0.2) is 35.3 Å². The first-order chi connectivity index (χ1) is 12.5. The van der Waals surface area contributed by atoms with Gasteiger partial charge in [-0.2, -0.15) is 0 Å². The molecule has 1 heterocycles. The van der Waals surface area contributed by atoms with Gasteiger partial charge >= 0.3 is 5.97 Å². The van der Waals surface area contributed by atoms with Gasteiger partial charge in [-0.05, 0) is 49.2 Å². The number of likely N-dealkylation sites (tertiary alicyclic amines) is 1. The van der Waals surface area contributed by atoms with Gasteiger partial charge in [0.25, 0.3) is 5.91 Å². The fourth-order valence-electron chi connectivity index (χ4n) is 2.92. The van der Waals surface area contributed by atoms with Crippen molar-refractivity contribution in [2.45, 2.75) is 18.9 Å². The van der Waals surface area contributed by atoms with E-state index in [0.717, 1.165) is 6.42 Å². The van der Waals surface area contributed by atoms with E-state index >= 15 is 0 Å². The first-order valence-corrected chi connectivity index (χ1v) is 8.32. The van der Waals surface area contributed by atoms with Crippen molar-refractivity contribution >= 4 is 23.5 Å². The lowest BCUT2D eigenvalue weighted by atomic mass is 10.1. The van der Waals surface area contributed by atoms with Crippen molar-refractivity contribution in [3.63, 3.8) is 0 Å². The van der Waals surface area contributed by atoms with Crippen LogP contribution in [-0.2, 0) is 4.79 Å². The quantitative estimate of drug-likeness (QED) is 0.377. The monoisotopic (exact) mass is 352 g/mol. The predicted molar refractivity (Wildman–Crippen MR) is 98.0 cm³/mol. The van der Waals surface area contributed by atoms with Crippen molar-refractivity contribution in [3.05, 3.63) is 60.2 Å². The number of aliphatic imine (C=N–C) groups is 1. The highest BCUT2D eigenvalue weighted by Gasteiger charge is 2.35. The second-order valence-electron chi connectivity index (χ2n) is 5.97. The van der Waals surface area contributed by atoms with E-state index in [1.54, 1.807) is 53.4 Å². The molecule has 0 aromatic heterocycles. The molecule has 1 amide bonds. The third-order valence-electron chi connectivity index (χ3n) is 4.12. The average molecular weight is 352 g/mol. The van der Waals surface area contributed by atoms with Crippen LogP contribution in [0.5, 0.6) is 5.75 Å². The van der Waals surface area contributed by atoms with E-state index in [0.29, 0.717) is 30.0 Å². The number of benzene rings is 2. The van der Waals surface area contributed by atoms with Gasteiger partial charge in [-0.25, -0.2) is 9.79 Å². The molecule has 0 bridgehead atoms. The van der Waals surface area contributed by atoms with Crippen LogP contribution >= 0.6 is 0 Å². The van der Waals surface area contributed by atoms with E-state index in [9.17, 15) is 9.59 Å². The molecule has 7 heteroatoms. The molecule has 2 aromatic rings. The first-order valence-electron chi connectivity index (χ1n) is 8.32. The smallest absolute Gasteiger partial charge is 0.334 e. The lowest BCUT2D eigenvalue weighted by Gasteiger charge is -2.23. The summed E-state index contributed by atoms with van der Waals surface area (Å²) in [6, 6.07) is 14.8. The topological polar surface area (TPSA) is 111 Å². The summed E-state index contributed by atoms with van der Waals surface area (Å²) in [7, 11) is 0. The van der Waals surface area contributed by atoms with Crippen LogP contribution in [0.25, 0.3) is 0 Å². The molecule has 7 nitrogen and oxygen atoms in total. The van der Waals surface area contributed by atoms with Gasteiger partial charge < -0.3 is 21.1 Å². The maximum atomic E-state index is 12.6. The highest BCUT2D eigenvalue weighted by molar-refractivity contribution is 5.97. The Morgan fingerprint density at radius 1 is 1.04 bits per heavy atom. The van der Waals surface area contributed by atoms with Gasteiger partial charge in [0.15, 0.2) is 5.96 Å².